The second-order valence-corrected chi connectivity index (χ2v) is 13.3. The van der Waals surface area contributed by atoms with E-state index in [9.17, 15) is 14.7 Å². The molecule has 1 N–H and O–H groups in total. The summed E-state index contributed by atoms with van der Waals surface area (Å²) in [7, 11) is 6.48. The zero-order chi connectivity index (χ0) is 31.3. The summed E-state index contributed by atoms with van der Waals surface area (Å²) in [5.74, 6) is -0.781. The van der Waals surface area contributed by atoms with E-state index in [0.29, 0.717) is 32.5 Å². The average molecular weight is 600 g/mol. The van der Waals surface area contributed by atoms with Crippen LogP contribution in [0, 0.1) is 5.92 Å². The van der Waals surface area contributed by atoms with Crippen molar-refractivity contribution >= 4 is 17.6 Å². The van der Waals surface area contributed by atoms with Gasteiger partial charge in [0.25, 0.3) is 0 Å². The summed E-state index contributed by atoms with van der Waals surface area (Å²) in [4.78, 5) is 35.7. The summed E-state index contributed by atoms with van der Waals surface area (Å²) in [6.07, 6.45) is 5.74. The molecule has 1 amide bonds. The number of hydrogen-bond donors (Lipinski definition) is 1. The van der Waals surface area contributed by atoms with Crippen molar-refractivity contribution in [2.75, 3.05) is 52.3 Å². The number of aliphatic carboxylic acids is 1. The van der Waals surface area contributed by atoms with Gasteiger partial charge < -0.3 is 19.2 Å². The van der Waals surface area contributed by atoms with Gasteiger partial charge in [-0.1, -0.05) is 43.7 Å². The van der Waals surface area contributed by atoms with Crippen LogP contribution in [0.3, 0.4) is 0 Å². The molecular formula is C36H47N4O4+. The van der Waals surface area contributed by atoms with Crippen LogP contribution in [-0.2, 0) is 29.0 Å². The highest BCUT2D eigenvalue weighted by Crippen LogP contribution is 2.41. The molecule has 0 aliphatic carbocycles. The van der Waals surface area contributed by atoms with Crippen molar-refractivity contribution < 1.29 is 23.9 Å². The number of unbranched alkanes of at least 4 members (excludes halogenated alkanes) is 1. The van der Waals surface area contributed by atoms with E-state index >= 15 is 0 Å². The number of fused-ring (bicyclic) bond motifs is 1. The minimum atomic E-state index is -0.816. The van der Waals surface area contributed by atoms with Crippen molar-refractivity contribution in [3.8, 4) is 5.75 Å². The van der Waals surface area contributed by atoms with Crippen molar-refractivity contribution in [2.45, 2.75) is 57.5 Å². The van der Waals surface area contributed by atoms with Crippen molar-refractivity contribution in [1.82, 2.24) is 9.88 Å². The molecule has 1 saturated heterocycles. The molecule has 5 rings (SSSR count). The molecule has 3 heterocycles. The third-order valence-corrected chi connectivity index (χ3v) is 8.85. The maximum absolute atomic E-state index is 14.2. The minimum absolute atomic E-state index is 0.0100. The first-order valence-electron chi connectivity index (χ1n) is 15.9. The van der Waals surface area contributed by atoms with E-state index in [4.69, 9.17) is 4.74 Å². The SMILES string of the molecule is CCCCN(C(=O)CN1C[C@H](c2ccc3c(c2)CCO3)C(C(=O)O)[C@@H]1CCc1ccccn1)c1cccc(C[N+](C)(C)C)c1. The topological polar surface area (TPSA) is 83.0 Å². The largest absolute Gasteiger partial charge is 0.493 e. The number of amides is 1. The molecule has 2 aliphatic rings. The first kappa shape index (κ1) is 31.7. The molecule has 0 saturated carbocycles. The maximum atomic E-state index is 14.2. The molecule has 2 aliphatic heterocycles. The number of ether oxygens (including phenoxy) is 1. The third-order valence-electron chi connectivity index (χ3n) is 8.85. The normalized spacial score (nSPS) is 19.9. The zero-order valence-electron chi connectivity index (χ0n) is 26.6. The summed E-state index contributed by atoms with van der Waals surface area (Å²) < 4.78 is 6.52. The van der Waals surface area contributed by atoms with Crippen LogP contribution in [0.25, 0.3) is 0 Å². The Bertz CT molecular complexity index is 1440. The van der Waals surface area contributed by atoms with Crippen LogP contribution in [0.15, 0.2) is 66.9 Å². The standard InChI is InChI=1S/C36H46N4O4/c1-5-6-19-39(30-12-9-10-26(21-30)25-40(2,3)4)34(41)24-38-23-31(27-13-16-33-28(22-27)17-20-44-33)35(36(42)43)32(38)15-14-29-11-7-8-18-37-29/h7-13,16,18,21-22,31-32,35H,5-6,14-15,17,19-20,23-25H2,1-4H3/p+1/t31-,32+,35?/m1/s1. The van der Waals surface area contributed by atoms with Gasteiger partial charge in [0.2, 0.25) is 5.91 Å². The number of carboxylic acids is 1. The van der Waals surface area contributed by atoms with E-state index in [1.807, 2.05) is 47.4 Å². The Balaban J connectivity index is 1.44. The summed E-state index contributed by atoms with van der Waals surface area (Å²) in [6, 6.07) is 19.9. The van der Waals surface area contributed by atoms with Crippen LogP contribution in [-0.4, -0.2) is 84.8 Å². The molecule has 3 aromatic rings. The minimum Gasteiger partial charge on any atom is -0.493 e. The van der Waals surface area contributed by atoms with E-state index in [-0.39, 0.29) is 24.4 Å². The van der Waals surface area contributed by atoms with Crippen LogP contribution >= 0.6 is 0 Å². The van der Waals surface area contributed by atoms with Gasteiger partial charge in [0, 0.05) is 54.6 Å². The fourth-order valence-corrected chi connectivity index (χ4v) is 6.81. The fraction of sp³-hybridized carbons (Fsp3) is 0.472. The number of anilines is 1. The molecule has 0 bridgehead atoms. The number of hydrogen-bond acceptors (Lipinski definition) is 5. The molecular weight excluding hydrogens is 552 g/mol. The van der Waals surface area contributed by atoms with Crippen LogP contribution in [0.1, 0.15) is 54.5 Å². The van der Waals surface area contributed by atoms with Crippen molar-refractivity contribution in [3.05, 3.63) is 89.2 Å². The highest BCUT2D eigenvalue weighted by atomic mass is 16.5. The van der Waals surface area contributed by atoms with Gasteiger partial charge in [-0.15, -0.1) is 0 Å². The monoisotopic (exact) mass is 599 g/mol. The van der Waals surface area contributed by atoms with Crippen molar-refractivity contribution in [2.24, 2.45) is 5.92 Å². The molecule has 234 valence electrons. The molecule has 8 nitrogen and oxygen atoms in total. The Labute approximate surface area is 261 Å². The number of benzene rings is 2. The number of carbonyl (C=O) groups is 2. The number of carbonyl (C=O) groups excluding carboxylic acids is 1. The van der Waals surface area contributed by atoms with E-state index in [1.54, 1.807) is 6.20 Å². The van der Waals surface area contributed by atoms with E-state index < -0.39 is 11.9 Å². The van der Waals surface area contributed by atoms with Gasteiger partial charge >= 0.3 is 5.97 Å². The summed E-state index contributed by atoms with van der Waals surface area (Å²) in [5, 5.41) is 10.6. The lowest BCUT2D eigenvalue weighted by Crippen LogP contribution is -2.44. The molecule has 0 radical (unpaired) electrons. The Kier molecular flexibility index (Phi) is 10.0. The number of aromatic nitrogens is 1. The number of pyridine rings is 1. The third kappa shape index (κ3) is 7.66. The molecule has 8 heteroatoms. The molecule has 2 aromatic carbocycles. The lowest BCUT2D eigenvalue weighted by atomic mass is 9.83. The van der Waals surface area contributed by atoms with Crippen LogP contribution in [0.5, 0.6) is 5.75 Å². The van der Waals surface area contributed by atoms with Crippen LogP contribution in [0.4, 0.5) is 5.69 Å². The highest BCUT2D eigenvalue weighted by Gasteiger charge is 2.47. The molecule has 3 atom stereocenters. The summed E-state index contributed by atoms with van der Waals surface area (Å²) in [6.45, 7) is 4.96. The second kappa shape index (κ2) is 13.9. The molecule has 1 aromatic heterocycles. The quantitative estimate of drug-likeness (QED) is 0.274. The number of rotatable bonds is 13. The first-order chi connectivity index (χ1) is 21.1. The fourth-order valence-electron chi connectivity index (χ4n) is 6.81. The predicted octanol–water partition coefficient (Wildman–Crippen LogP) is 5.16. The second-order valence-electron chi connectivity index (χ2n) is 13.3. The Morgan fingerprint density at radius 3 is 2.66 bits per heavy atom. The number of likely N-dealkylation sites (tertiary alicyclic amines) is 1. The lowest BCUT2D eigenvalue weighted by Gasteiger charge is -2.30. The smallest absolute Gasteiger partial charge is 0.308 e. The van der Waals surface area contributed by atoms with E-state index in [1.165, 1.54) is 5.56 Å². The predicted molar refractivity (Wildman–Crippen MR) is 173 cm³/mol. The molecule has 1 fully saturated rings. The van der Waals surface area contributed by atoms with Gasteiger partial charge in [0.15, 0.2) is 0 Å². The lowest BCUT2D eigenvalue weighted by molar-refractivity contribution is -0.884. The number of quaternary nitrogens is 1. The Morgan fingerprint density at radius 2 is 1.93 bits per heavy atom. The maximum Gasteiger partial charge on any atom is 0.308 e. The van der Waals surface area contributed by atoms with Gasteiger partial charge in [-0.25, -0.2) is 0 Å². The van der Waals surface area contributed by atoms with Gasteiger partial charge in [0.05, 0.1) is 40.2 Å². The van der Waals surface area contributed by atoms with Crippen LogP contribution in [0.2, 0.25) is 0 Å². The summed E-state index contributed by atoms with van der Waals surface area (Å²) in [5.41, 5.74) is 5.16. The summed E-state index contributed by atoms with van der Waals surface area (Å²) >= 11 is 0. The van der Waals surface area contributed by atoms with E-state index in [0.717, 1.165) is 58.5 Å². The molecule has 44 heavy (non-hydrogen) atoms. The van der Waals surface area contributed by atoms with Gasteiger partial charge in [-0.3, -0.25) is 19.5 Å². The number of nitrogens with zero attached hydrogens (tertiary/aromatic N) is 4. The Hall–Kier alpha value is -3.75. The van der Waals surface area contributed by atoms with Crippen molar-refractivity contribution in [1.29, 1.82) is 0 Å². The zero-order valence-corrected chi connectivity index (χ0v) is 26.6. The molecule has 0 spiro atoms. The Morgan fingerprint density at radius 1 is 1.09 bits per heavy atom. The average Bonchev–Trinajstić information content (AvgIpc) is 3.60. The van der Waals surface area contributed by atoms with Crippen LogP contribution < -0.4 is 9.64 Å². The van der Waals surface area contributed by atoms with Gasteiger partial charge in [0.1, 0.15) is 12.3 Å². The molecule has 1 unspecified atom stereocenters. The van der Waals surface area contributed by atoms with Gasteiger partial charge in [-0.2, -0.15) is 0 Å². The highest BCUT2D eigenvalue weighted by molar-refractivity contribution is 5.95. The van der Waals surface area contributed by atoms with Gasteiger partial charge in [-0.05, 0) is 60.7 Å². The number of carboxylic acid groups (broad SMARTS) is 1. The van der Waals surface area contributed by atoms with E-state index in [2.05, 4.69) is 56.1 Å². The van der Waals surface area contributed by atoms with Crippen molar-refractivity contribution in [3.63, 3.8) is 0 Å². The number of aryl methyl sites for hydroxylation is 1. The first-order valence-corrected chi connectivity index (χ1v) is 15.9.